The second-order valence-corrected chi connectivity index (χ2v) is 4.57. The molecule has 0 saturated heterocycles. The normalized spacial score (nSPS) is 13.3. The molecule has 1 unspecified atom stereocenters. The highest BCUT2D eigenvalue weighted by molar-refractivity contribution is 4.86. The number of nitrogens with zero attached hydrogens (tertiary/aromatic N) is 3. The van der Waals surface area contributed by atoms with Gasteiger partial charge in [-0.15, -0.1) is 0 Å². The van der Waals surface area contributed by atoms with Gasteiger partial charge in [-0.2, -0.15) is 5.10 Å². The fourth-order valence-electron chi connectivity index (χ4n) is 1.90. The molecule has 92 valence electrons. The standard InChI is InChI=1S/C12H24N4/c1-5-13-11(4)7-6-8-12-14-9-15-16(12)10(2)3/h9-11,13H,5-8H2,1-4H3. The van der Waals surface area contributed by atoms with Gasteiger partial charge in [-0.3, -0.25) is 0 Å². The lowest BCUT2D eigenvalue weighted by Crippen LogP contribution is -2.25. The van der Waals surface area contributed by atoms with Crippen LogP contribution in [0, 0.1) is 0 Å². The van der Waals surface area contributed by atoms with E-state index < -0.39 is 0 Å². The number of rotatable bonds is 7. The van der Waals surface area contributed by atoms with E-state index >= 15 is 0 Å². The second-order valence-electron chi connectivity index (χ2n) is 4.57. The topological polar surface area (TPSA) is 42.7 Å². The zero-order chi connectivity index (χ0) is 12.0. The van der Waals surface area contributed by atoms with Crippen LogP contribution in [0.2, 0.25) is 0 Å². The molecule has 4 nitrogen and oxygen atoms in total. The maximum atomic E-state index is 4.31. The van der Waals surface area contributed by atoms with Crippen LogP contribution in [0.5, 0.6) is 0 Å². The van der Waals surface area contributed by atoms with Gasteiger partial charge in [0, 0.05) is 18.5 Å². The van der Waals surface area contributed by atoms with Crippen LogP contribution in [0.25, 0.3) is 0 Å². The van der Waals surface area contributed by atoms with Gasteiger partial charge < -0.3 is 5.32 Å². The largest absolute Gasteiger partial charge is 0.315 e. The van der Waals surface area contributed by atoms with Crippen molar-refractivity contribution in [2.24, 2.45) is 0 Å². The molecule has 0 fully saturated rings. The van der Waals surface area contributed by atoms with E-state index in [-0.39, 0.29) is 0 Å². The Morgan fingerprint density at radius 2 is 2.12 bits per heavy atom. The number of hydrogen-bond acceptors (Lipinski definition) is 3. The molecule has 1 N–H and O–H groups in total. The van der Waals surface area contributed by atoms with Crippen molar-refractivity contribution >= 4 is 0 Å². The quantitative estimate of drug-likeness (QED) is 0.772. The highest BCUT2D eigenvalue weighted by atomic mass is 15.3. The zero-order valence-electron chi connectivity index (χ0n) is 10.9. The van der Waals surface area contributed by atoms with Gasteiger partial charge in [0.1, 0.15) is 12.2 Å². The van der Waals surface area contributed by atoms with Gasteiger partial charge in [-0.05, 0) is 40.2 Å². The van der Waals surface area contributed by atoms with Gasteiger partial charge in [-0.1, -0.05) is 6.92 Å². The monoisotopic (exact) mass is 224 g/mol. The first-order chi connectivity index (χ1) is 7.65. The summed E-state index contributed by atoms with van der Waals surface area (Å²) in [6.45, 7) is 9.70. The van der Waals surface area contributed by atoms with Crippen LogP contribution in [0.1, 0.15) is 52.4 Å². The van der Waals surface area contributed by atoms with Crippen molar-refractivity contribution < 1.29 is 0 Å². The molecule has 1 atom stereocenters. The van der Waals surface area contributed by atoms with Gasteiger partial charge in [0.2, 0.25) is 0 Å². The van der Waals surface area contributed by atoms with Gasteiger partial charge in [0.15, 0.2) is 0 Å². The third-order valence-corrected chi connectivity index (χ3v) is 2.73. The molecule has 0 bridgehead atoms. The molecule has 0 radical (unpaired) electrons. The Balaban J connectivity index is 2.34. The summed E-state index contributed by atoms with van der Waals surface area (Å²) in [5, 5.41) is 7.66. The van der Waals surface area contributed by atoms with Gasteiger partial charge in [-0.25, -0.2) is 9.67 Å². The van der Waals surface area contributed by atoms with Gasteiger partial charge >= 0.3 is 0 Å². The SMILES string of the molecule is CCNC(C)CCCc1ncnn1C(C)C. The summed E-state index contributed by atoms with van der Waals surface area (Å²) in [4.78, 5) is 4.31. The fraction of sp³-hybridized carbons (Fsp3) is 0.833. The molecule has 0 saturated carbocycles. The molecule has 0 amide bonds. The van der Waals surface area contributed by atoms with Crippen molar-refractivity contribution in [3.8, 4) is 0 Å². The number of aromatic nitrogens is 3. The Morgan fingerprint density at radius 1 is 1.38 bits per heavy atom. The number of aryl methyl sites for hydroxylation is 1. The average molecular weight is 224 g/mol. The van der Waals surface area contributed by atoms with Gasteiger partial charge in [0.25, 0.3) is 0 Å². The fourth-order valence-corrected chi connectivity index (χ4v) is 1.90. The van der Waals surface area contributed by atoms with E-state index in [4.69, 9.17) is 0 Å². The summed E-state index contributed by atoms with van der Waals surface area (Å²) in [5.74, 6) is 1.11. The summed E-state index contributed by atoms with van der Waals surface area (Å²) < 4.78 is 2.01. The Bertz CT molecular complexity index is 293. The minimum atomic E-state index is 0.406. The molecule has 0 aliphatic heterocycles. The van der Waals surface area contributed by atoms with Crippen LogP contribution >= 0.6 is 0 Å². The predicted molar refractivity (Wildman–Crippen MR) is 66.5 cm³/mol. The summed E-state index contributed by atoms with van der Waals surface area (Å²) >= 11 is 0. The lowest BCUT2D eigenvalue weighted by Gasteiger charge is -2.12. The lowest BCUT2D eigenvalue weighted by atomic mass is 10.1. The molecule has 4 heteroatoms. The molecule has 1 aromatic heterocycles. The Kier molecular flexibility index (Phi) is 5.46. The highest BCUT2D eigenvalue weighted by Gasteiger charge is 2.07. The molecule has 1 rings (SSSR count). The van der Waals surface area contributed by atoms with Crippen molar-refractivity contribution in [3.05, 3.63) is 12.2 Å². The number of nitrogens with one attached hydrogen (secondary N) is 1. The third-order valence-electron chi connectivity index (χ3n) is 2.73. The Hall–Kier alpha value is -0.900. The van der Waals surface area contributed by atoms with Crippen molar-refractivity contribution in [1.29, 1.82) is 0 Å². The molecule has 0 spiro atoms. The predicted octanol–water partition coefficient (Wildman–Crippen LogP) is 2.18. The first kappa shape index (κ1) is 13.2. The van der Waals surface area contributed by atoms with Crippen LogP contribution in [0.15, 0.2) is 6.33 Å². The molecule has 0 aromatic carbocycles. The van der Waals surface area contributed by atoms with E-state index in [9.17, 15) is 0 Å². The van der Waals surface area contributed by atoms with Crippen LogP contribution in [0.4, 0.5) is 0 Å². The minimum Gasteiger partial charge on any atom is -0.315 e. The first-order valence-corrected chi connectivity index (χ1v) is 6.26. The summed E-state index contributed by atoms with van der Waals surface area (Å²) in [6, 6.07) is 1.00. The summed E-state index contributed by atoms with van der Waals surface area (Å²) in [6.07, 6.45) is 5.04. The van der Waals surface area contributed by atoms with Gasteiger partial charge in [0.05, 0.1) is 0 Å². The third kappa shape index (κ3) is 3.93. The van der Waals surface area contributed by atoms with Crippen LogP contribution < -0.4 is 5.32 Å². The Labute approximate surface area is 98.5 Å². The molecule has 0 aliphatic rings. The molecule has 16 heavy (non-hydrogen) atoms. The van der Waals surface area contributed by atoms with E-state index in [0.717, 1.165) is 18.8 Å². The van der Waals surface area contributed by atoms with Crippen molar-refractivity contribution in [2.75, 3.05) is 6.54 Å². The average Bonchev–Trinajstić information content (AvgIpc) is 2.66. The smallest absolute Gasteiger partial charge is 0.138 e. The highest BCUT2D eigenvalue weighted by Crippen LogP contribution is 2.09. The maximum Gasteiger partial charge on any atom is 0.138 e. The van der Waals surface area contributed by atoms with Crippen molar-refractivity contribution in [2.45, 2.75) is 59.0 Å². The van der Waals surface area contributed by atoms with Crippen LogP contribution in [-0.4, -0.2) is 27.4 Å². The summed E-state index contributed by atoms with van der Waals surface area (Å²) in [7, 11) is 0. The first-order valence-electron chi connectivity index (χ1n) is 6.26. The molecular weight excluding hydrogens is 200 g/mol. The van der Waals surface area contributed by atoms with Crippen molar-refractivity contribution in [1.82, 2.24) is 20.1 Å². The maximum absolute atomic E-state index is 4.31. The zero-order valence-corrected chi connectivity index (χ0v) is 10.9. The summed E-state index contributed by atoms with van der Waals surface area (Å²) in [5.41, 5.74) is 0. The van der Waals surface area contributed by atoms with Crippen molar-refractivity contribution in [3.63, 3.8) is 0 Å². The minimum absolute atomic E-state index is 0.406. The second kappa shape index (κ2) is 6.63. The Morgan fingerprint density at radius 3 is 2.75 bits per heavy atom. The van der Waals surface area contributed by atoms with Crippen LogP contribution in [0.3, 0.4) is 0 Å². The number of hydrogen-bond donors (Lipinski definition) is 1. The molecule has 0 aliphatic carbocycles. The lowest BCUT2D eigenvalue weighted by molar-refractivity contribution is 0.477. The molecule has 1 aromatic rings. The van der Waals surface area contributed by atoms with E-state index in [2.05, 4.69) is 43.1 Å². The van der Waals surface area contributed by atoms with E-state index in [1.165, 1.54) is 12.8 Å². The van der Waals surface area contributed by atoms with Crippen LogP contribution in [-0.2, 0) is 6.42 Å². The van der Waals surface area contributed by atoms with E-state index in [0.29, 0.717) is 12.1 Å². The van der Waals surface area contributed by atoms with E-state index in [1.807, 2.05) is 4.68 Å². The van der Waals surface area contributed by atoms with E-state index in [1.54, 1.807) is 6.33 Å². The molecule has 1 heterocycles. The molecular formula is C12H24N4.